The molecular weight excluding hydrogens is 266 g/mol. The Balaban J connectivity index is 1.97. The number of fused-ring (bicyclic) bond motifs is 1. The fourth-order valence-corrected chi connectivity index (χ4v) is 2.27. The molecule has 5 heteroatoms. The van der Waals surface area contributed by atoms with Crippen LogP contribution in [0.2, 0.25) is 0 Å². The molecule has 1 aromatic carbocycles. The van der Waals surface area contributed by atoms with Crippen LogP contribution in [0.3, 0.4) is 0 Å². The summed E-state index contributed by atoms with van der Waals surface area (Å²) < 4.78 is 1.98. The van der Waals surface area contributed by atoms with Gasteiger partial charge in [-0.15, -0.1) is 0 Å². The molecule has 0 aliphatic rings. The van der Waals surface area contributed by atoms with Crippen molar-refractivity contribution in [3.63, 3.8) is 0 Å². The van der Waals surface area contributed by atoms with Crippen LogP contribution in [0.1, 0.15) is 21.7 Å². The molecule has 0 radical (unpaired) electrons. The first-order valence-corrected chi connectivity index (χ1v) is 6.35. The minimum absolute atomic E-state index is 0.0377. The zero-order valence-corrected chi connectivity index (χ0v) is 11.0. The number of nitriles is 1. The fourth-order valence-electron chi connectivity index (χ4n) is 2.27. The van der Waals surface area contributed by atoms with Crippen molar-refractivity contribution in [2.75, 3.05) is 0 Å². The summed E-state index contributed by atoms with van der Waals surface area (Å²) in [5, 5.41) is 18.8. The quantitative estimate of drug-likeness (QED) is 0.798. The van der Waals surface area contributed by atoms with Crippen molar-refractivity contribution in [1.82, 2.24) is 9.55 Å². The van der Waals surface area contributed by atoms with Gasteiger partial charge in [-0.2, -0.15) is 5.26 Å². The largest absolute Gasteiger partial charge is 0.477 e. The molecule has 0 amide bonds. The molecule has 0 unspecified atom stereocenters. The minimum atomic E-state index is -1.03. The first-order valence-electron chi connectivity index (χ1n) is 6.35. The number of benzene rings is 1. The molecule has 0 saturated carbocycles. The van der Waals surface area contributed by atoms with Gasteiger partial charge in [0.2, 0.25) is 0 Å². The summed E-state index contributed by atoms with van der Waals surface area (Å²) in [6.45, 7) is 0.483. The summed E-state index contributed by atoms with van der Waals surface area (Å²) in [5.41, 5.74) is 2.32. The van der Waals surface area contributed by atoms with E-state index in [9.17, 15) is 4.79 Å². The predicted octanol–water partition coefficient (Wildman–Crippen LogP) is 2.65. The third-order valence-electron chi connectivity index (χ3n) is 3.26. The third kappa shape index (κ3) is 2.47. The van der Waals surface area contributed by atoms with E-state index < -0.39 is 5.97 Å². The van der Waals surface area contributed by atoms with Crippen molar-refractivity contribution >= 4 is 16.9 Å². The van der Waals surface area contributed by atoms with Crippen LogP contribution in [0.4, 0.5) is 0 Å². The average molecular weight is 277 g/mol. The van der Waals surface area contributed by atoms with E-state index in [0.717, 1.165) is 10.9 Å². The van der Waals surface area contributed by atoms with Gasteiger partial charge in [0.1, 0.15) is 5.69 Å². The van der Waals surface area contributed by atoms with Crippen molar-refractivity contribution in [2.45, 2.75) is 6.54 Å². The number of carboxylic acid groups (broad SMARTS) is 1. The molecule has 21 heavy (non-hydrogen) atoms. The second-order valence-corrected chi connectivity index (χ2v) is 4.65. The van der Waals surface area contributed by atoms with Gasteiger partial charge in [-0.3, -0.25) is 0 Å². The van der Waals surface area contributed by atoms with Gasteiger partial charge in [0.15, 0.2) is 0 Å². The number of pyridine rings is 1. The Hall–Kier alpha value is -3.13. The first kappa shape index (κ1) is 12.9. The second-order valence-electron chi connectivity index (χ2n) is 4.65. The van der Waals surface area contributed by atoms with Gasteiger partial charge in [-0.25, -0.2) is 9.78 Å². The number of aromatic carboxylic acids is 1. The highest BCUT2D eigenvalue weighted by Gasteiger charge is 2.07. The van der Waals surface area contributed by atoms with Crippen LogP contribution in [0.15, 0.2) is 48.7 Å². The van der Waals surface area contributed by atoms with E-state index in [1.165, 1.54) is 6.07 Å². The number of nitrogens with zero attached hydrogens (tertiary/aromatic N) is 3. The van der Waals surface area contributed by atoms with Crippen LogP contribution in [0, 0.1) is 11.3 Å². The van der Waals surface area contributed by atoms with Gasteiger partial charge in [-0.05, 0) is 36.4 Å². The number of carbonyl (C=O) groups is 1. The molecule has 5 nitrogen and oxygen atoms in total. The van der Waals surface area contributed by atoms with Crippen molar-refractivity contribution in [3.05, 3.63) is 65.6 Å². The molecule has 0 bridgehead atoms. The van der Waals surface area contributed by atoms with E-state index in [4.69, 9.17) is 10.4 Å². The van der Waals surface area contributed by atoms with Gasteiger partial charge in [0.05, 0.1) is 23.9 Å². The second kappa shape index (κ2) is 5.10. The Morgan fingerprint density at radius 3 is 2.90 bits per heavy atom. The van der Waals surface area contributed by atoms with Crippen LogP contribution in [0.25, 0.3) is 10.9 Å². The summed E-state index contributed by atoms with van der Waals surface area (Å²) >= 11 is 0. The lowest BCUT2D eigenvalue weighted by molar-refractivity contribution is 0.0690. The zero-order chi connectivity index (χ0) is 14.8. The molecule has 2 heterocycles. The maximum atomic E-state index is 10.9. The zero-order valence-electron chi connectivity index (χ0n) is 11.0. The highest BCUT2D eigenvalue weighted by atomic mass is 16.4. The lowest BCUT2D eigenvalue weighted by atomic mass is 10.2. The van der Waals surface area contributed by atoms with E-state index >= 15 is 0 Å². The number of hydrogen-bond acceptors (Lipinski definition) is 3. The van der Waals surface area contributed by atoms with Crippen molar-refractivity contribution in [1.29, 1.82) is 5.26 Å². The van der Waals surface area contributed by atoms with E-state index in [-0.39, 0.29) is 5.69 Å². The standard InChI is InChI=1S/C16H11N3O2/c17-9-11-4-5-15-12(8-11)6-7-19(15)10-13-2-1-3-14(18-13)16(20)21/h1-8H,10H2,(H,20,21). The Labute approximate surface area is 120 Å². The SMILES string of the molecule is N#Cc1ccc2c(ccn2Cc2cccc(C(=O)O)n2)c1. The topological polar surface area (TPSA) is 78.9 Å². The lowest BCUT2D eigenvalue weighted by Crippen LogP contribution is -2.05. The van der Waals surface area contributed by atoms with Gasteiger partial charge in [-0.1, -0.05) is 6.07 Å². The summed E-state index contributed by atoms with van der Waals surface area (Å²) in [4.78, 5) is 15.1. The molecule has 0 saturated heterocycles. The average Bonchev–Trinajstić information content (AvgIpc) is 2.89. The van der Waals surface area contributed by atoms with Crippen LogP contribution in [-0.2, 0) is 6.54 Å². The Bertz CT molecular complexity index is 875. The molecule has 0 spiro atoms. The van der Waals surface area contributed by atoms with Crippen molar-refractivity contribution < 1.29 is 9.90 Å². The van der Waals surface area contributed by atoms with E-state index in [0.29, 0.717) is 17.8 Å². The maximum Gasteiger partial charge on any atom is 0.354 e. The highest BCUT2D eigenvalue weighted by Crippen LogP contribution is 2.18. The van der Waals surface area contributed by atoms with Gasteiger partial charge in [0.25, 0.3) is 0 Å². The van der Waals surface area contributed by atoms with Crippen molar-refractivity contribution in [2.24, 2.45) is 0 Å². The maximum absolute atomic E-state index is 10.9. The Kier molecular flexibility index (Phi) is 3.13. The summed E-state index contributed by atoms with van der Waals surface area (Å²) in [7, 11) is 0. The third-order valence-corrected chi connectivity index (χ3v) is 3.26. The van der Waals surface area contributed by atoms with Gasteiger partial charge >= 0.3 is 5.97 Å². The lowest BCUT2D eigenvalue weighted by Gasteiger charge is -2.06. The summed E-state index contributed by atoms with van der Waals surface area (Å²) in [5.74, 6) is -1.03. The predicted molar refractivity (Wildman–Crippen MR) is 77.0 cm³/mol. The molecule has 1 N–H and O–H groups in total. The summed E-state index contributed by atoms with van der Waals surface area (Å²) in [6, 6.07) is 14.5. The molecule has 0 atom stereocenters. The van der Waals surface area contributed by atoms with Crippen LogP contribution in [0.5, 0.6) is 0 Å². The number of carboxylic acids is 1. The molecule has 3 aromatic rings. The van der Waals surface area contributed by atoms with E-state index in [1.807, 2.05) is 29.0 Å². The van der Waals surface area contributed by atoms with Crippen molar-refractivity contribution in [3.8, 4) is 6.07 Å². The van der Waals surface area contributed by atoms with Gasteiger partial charge in [0, 0.05) is 17.1 Å². The monoisotopic (exact) mass is 277 g/mol. The molecule has 0 aliphatic carbocycles. The molecule has 0 fully saturated rings. The Morgan fingerprint density at radius 1 is 1.29 bits per heavy atom. The molecule has 0 aliphatic heterocycles. The number of hydrogen-bond donors (Lipinski definition) is 1. The van der Waals surface area contributed by atoms with Crippen LogP contribution >= 0.6 is 0 Å². The number of aromatic nitrogens is 2. The van der Waals surface area contributed by atoms with Crippen LogP contribution in [-0.4, -0.2) is 20.6 Å². The van der Waals surface area contributed by atoms with E-state index in [1.54, 1.807) is 18.2 Å². The fraction of sp³-hybridized carbons (Fsp3) is 0.0625. The minimum Gasteiger partial charge on any atom is -0.477 e. The number of rotatable bonds is 3. The van der Waals surface area contributed by atoms with E-state index in [2.05, 4.69) is 11.1 Å². The smallest absolute Gasteiger partial charge is 0.354 e. The van der Waals surface area contributed by atoms with Gasteiger partial charge < -0.3 is 9.67 Å². The molecule has 102 valence electrons. The van der Waals surface area contributed by atoms with Crippen LogP contribution < -0.4 is 0 Å². The molecule has 2 aromatic heterocycles. The first-order chi connectivity index (χ1) is 10.2. The molecule has 3 rings (SSSR count). The molecular formula is C16H11N3O2. The summed E-state index contributed by atoms with van der Waals surface area (Å²) in [6.07, 6.45) is 1.90. The Morgan fingerprint density at radius 2 is 2.14 bits per heavy atom. The highest BCUT2D eigenvalue weighted by molar-refractivity contribution is 5.85. The normalized spacial score (nSPS) is 10.4.